The highest BCUT2D eigenvalue weighted by atomic mass is 16.6. The molecule has 2 aliphatic rings. The van der Waals surface area contributed by atoms with Gasteiger partial charge in [0.05, 0.1) is 36.9 Å². The van der Waals surface area contributed by atoms with Gasteiger partial charge in [-0.3, -0.25) is 4.90 Å². The minimum atomic E-state index is -0.296. The number of nitrogens with zero attached hydrogens (tertiary/aromatic N) is 2. The molecule has 2 heterocycles. The lowest BCUT2D eigenvalue weighted by molar-refractivity contribution is -0.0342. The van der Waals surface area contributed by atoms with Gasteiger partial charge in [-0.15, -0.1) is 0 Å². The molecule has 2 aromatic carbocycles. The minimum Gasteiger partial charge on any atom is -0.445 e. The van der Waals surface area contributed by atoms with E-state index in [4.69, 9.17) is 9.47 Å². The maximum atomic E-state index is 12.8. The molecule has 1 amide bonds. The fourth-order valence-electron chi connectivity index (χ4n) is 4.39. The van der Waals surface area contributed by atoms with E-state index in [9.17, 15) is 10.1 Å². The van der Waals surface area contributed by atoms with Crippen molar-refractivity contribution in [3.63, 3.8) is 0 Å². The lowest BCUT2D eigenvalue weighted by Crippen LogP contribution is -2.56. The molecule has 2 unspecified atom stereocenters. The van der Waals surface area contributed by atoms with E-state index >= 15 is 0 Å². The van der Waals surface area contributed by atoms with Crippen LogP contribution in [0.4, 0.5) is 4.79 Å². The van der Waals surface area contributed by atoms with E-state index in [2.05, 4.69) is 12.1 Å². The summed E-state index contributed by atoms with van der Waals surface area (Å²) >= 11 is 0. The first-order valence-corrected chi connectivity index (χ1v) is 9.86. The number of amides is 1. The second-order valence-corrected chi connectivity index (χ2v) is 7.70. The molecule has 2 atom stereocenters. The van der Waals surface area contributed by atoms with E-state index in [1.807, 2.05) is 61.2 Å². The van der Waals surface area contributed by atoms with E-state index < -0.39 is 0 Å². The van der Waals surface area contributed by atoms with Crippen molar-refractivity contribution in [2.75, 3.05) is 13.2 Å². The third-order valence-corrected chi connectivity index (χ3v) is 5.60. The van der Waals surface area contributed by atoms with Crippen LogP contribution in [0.3, 0.4) is 0 Å². The Kier molecular flexibility index (Phi) is 5.37. The van der Waals surface area contributed by atoms with Crippen molar-refractivity contribution >= 4 is 11.7 Å². The molecule has 1 fully saturated rings. The van der Waals surface area contributed by atoms with E-state index in [-0.39, 0.29) is 24.8 Å². The summed E-state index contributed by atoms with van der Waals surface area (Å²) in [5.41, 5.74) is 6.22. The molecule has 148 valence electrons. The molecule has 0 aliphatic carbocycles. The van der Waals surface area contributed by atoms with Gasteiger partial charge in [-0.1, -0.05) is 36.4 Å². The van der Waals surface area contributed by atoms with Crippen molar-refractivity contribution in [3.05, 3.63) is 76.4 Å². The van der Waals surface area contributed by atoms with Crippen LogP contribution in [0.25, 0.3) is 5.57 Å². The number of fused-ring (bicyclic) bond motifs is 2. The zero-order chi connectivity index (χ0) is 20.4. The van der Waals surface area contributed by atoms with Crippen molar-refractivity contribution < 1.29 is 14.3 Å². The zero-order valence-corrected chi connectivity index (χ0v) is 16.7. The Hall–Kier alpha value is -3.10. The number of morpholine rings is 1. The number of rotatable bonds is 3. The number of carbonyl (C=O) groups is 1. The molecule has 4 rings (SSSR count). The Morgan fingerprint density at radius 2 is 1.93 bits per heavy atom. The molecule has 2 aliphatic heterocycles. The molecule has 2 aromatic rings. The summed E-state index contributed by atoms with van der Waals surface area (Å²) in [7, 11) is 0. The minimum absolute atomic E-state index is 0.0496. The largest absolute Gasteiger partial charge is 0.445 e. The number of hydrogen-bond donors (Lipinski definition) is 0. The number of hydrogen-bond acceptors (Lipinski definition) is 4. The summed E-state index contributed by atoms with van der Waals surface area (Å²) in [5.74, 6) is 0. The van der Waals surface area contributed by atoms with Crippen molar-refractivity contribution in [2.24, 2.45) is 0 Å². The highest BCUT2D eigenvalue weighted by Crippen LogP contribution is 2.36. The predicted octanol–water partition coefficient (Wildman–Crippen LogP) is 4.37. The van der Waals surface area contributed by atoms with Crippen LogP contribution >= 0.6 is 0 Å². The molecule has 0 saturated carbocycles. The van der Waals surface area contributed by atoms with Crippen molar-refractivity contribution in [3.8, 4) is 6.07 Å². The number of benzene rings is 2. The van der Waals surface area contributed by atoms with Gasteiger partial charge in [-0.2, -0.15) is 5.26 Å². The van der Waals surface area contributed by atoms with Crippen LogP contribution in [0, 0.1) is 25.2 Å². The first-order valence-electron chi connectivity index (χ1n) is 9.86. The Balaban J connectivity index is 1.56. The quantitative estimate of drug-likeness (QED) is 0.783. The van der Waals surface area contributed by atoms with Crippen molar-refractivity contribution in [1.29, 1.82) is 5.26 Å². The monoisotopic (exact) mass is 388 g/mol. The highest BCUT2D eigenvalue weighted by Gasteiger charge is 2.39. The summed E-state index contributed by atoms with van der Waals surface area (Å²) < 4.78 is 11.3. The van der Waals surface area contributed by atoms with E-state index in [0.717, 1.165) is 16.7 Å². The van der Waals surface area contributed by atoms with Crippen LogP contribution in [0.15, 0.2) is 48.5 Å². The maximum Gasteiger partial charge on any atom is 0.411 e. The van der Waals surface area contributed by atoms with Crippen LogP contribution in [-0.4, -0.2) is 36.3 Å². The van der Waals surface area contributed by atoms with E-state index in [0.29, 0.717) is 25.2 Å². The second-order valence-electron chi connectivity index (χ2n) is 7.70. The molecular weight excluding hydrogens is 364 g/mol. The maximum absolute atomic E-state index is 12.8. The van der Waals surface area contributed by atoms with Gasteiger partial charge in [0.2, 0.25) is 0 Å². The third-order valence-electron chi connectivity index (χ3n) is 5.60. The van der Waals surface area contributed by atoms with Crippen LogP contribution in [-0.2, 0) is 16.1 Å². The summed E-state index contributed by atoms with van der Waals surface area (Å²) in [6, 6.07) is 15.6. The third kappa shape index (κ3) is 3.90. The normalized spacial score (nSPS) is 20.6. The van der Waals surface area contributed by atoms with E-state index in [1.54, 1.807) is 0 Å². The Bertz CT molecular complexity index is 968. The van der Waals surface area contributed by atoms with Gasteiger partial charge in [0, 0.05) is 0 Å². The first kappa shape index (κ1) is 19.2. The van der Waals surface area contributed by atoms with E-state index in [1.165, 1.54) is 11.1 Å². The fourth-order valence-corrected chi connectivity index (χ4v) is 4.39. The Morgan fingerprint density at radius 3 is 2.59 bits per heavy atom. The molecule has 5 nitrogen and oxygen atoms in total. The van der Waals surface area contributed by atoms with Crippen LogP contribution in [0.1, 0.15) is 34.2 Å². The summed E-state index contributed by atoms with van der Waals surface area (Å²) in [6.07, 6.45) is 2.54. The molecule has 1 saturated heterocycles. The second kappa shape index (κ2) is 8.10. The van der Waals surface area contributed by atoms with Gasteiger partial charge < -0.3 is 9.47 Å². The summed E-state index contributed by atoms with van der Waals surface area (Å²) in [6.45, 7) is 5.31. The average molecular weight is 388 g/mol. The first-order chi connectivity index (χ1) is 14.1. The molecule has 0 N–H and O–H groups in total. The molecule has 0 aromatic heterocycles. The average Bonchev–Trinajstić information content (AvgIpc) is 2.71. The lowest BCUT2D eigenvalue weighted by Gasteiger charge is -2.44. The smallest absolute Gasteiger partial charge is 0.411 e. The molecule has 5 heteroatoms. The highest BCUT2D eigenvalue weighted by molar-refractivity contribution is 5.77. The SMILES string of the molecule is Cc1cc(C#N)cc(C)c1C1=CC2COCC(C1)N2C(=O)OCc1ccccc1. The van der Waals surface area contributed by atoms with Crippen molar-refractivity contribution in [1.82, 2.24) is 4.90 Å². The van der Waals surface area contributed by atoms with Crippen LogP contribution < -0.4 is 0 Å². The zero-order valence-electron chi connectivity index (χ0n) is 16.7. The van der Waals surface area contributed by atoms with Crippen molar-refractivity contribution in [2.45, 2.75) is 39.0 Å². The standard InChI is InChI=1S/C24H24N2O3/c1-16-8-19(12-25)9-17(2)23(16)20-10-21-14-28-15-22(11-20)26(21)24(27)29-13-18-6-4-3-5-7-18/h3-10,21-22H,11,13-15H2,1-2H3. The fraction of sp³-hybridized carbons (Fsp3) is 0.333. The number of ether oxygens (including phenoxy) is 2. The van der Waals surface area contributed by atoms with Gasteiger partial charge >= 0.3 is 6.09 Å². The number of aryl methyl sites for hydroxylation is 2. The van der Waals surface area contributed by atoms with Crippen LogP contribution in [0.5, 0.6) is 0 Å². The topological polar surface area (TPSA) is 62.6 Å². The van der Waals surface area contributed by atoms with Gasteiger partial charge in [0.1, 0.15) is 6.61 Å². The van der Waals surface area contributed by atoms with Gasteiger partial charge in [0.15, 0.2) is 0 Å². The van der Waals surface area contributed by atoms with Crippen LogP contribution in [0.2, 0.25) is 0 Å². The number of nitriles is 1. The number of carbonyl (C=O) groups excluding carboxylic acids is 1. The molecule has 29 heavy (non-hydrogen) atoms. The van der Waals surface area contributed by atoms with Gasteiger partial charge in [-0.25, -0.2) is 4.79 Å². The summed E-state index contributed by atoms with van der Waals surface area (Å²) in [4.78, 5) is 14.7. The predicted molar refractivity (Wildman–Crippen MR) is 110 cm³/mol. The van der Waals surface area contributed by atoms with Gasteiger partial charge in [0.25, 0.3) is 0 Å². The lowest BCUT2D eigenvalue weighted by atomic mass is 9.85. The Labute approximate surface area is 171 Å². The molecule has 0 radical (unpaired) electrons. The van der Waals surface area contributed by atoms with Gasteiger partial charge in [-0.05, 0) is 60.2 Å². The molecule has 0 spiro atoms. The molecule has 2 bridgehead atoms. The Morgan fingerprint density at radius 1 is 1.21 bits per heavy atom. The summed E-state index contributed by atoms with van der Waals surface area (Å²) in [5, 5.41) is 9.21. The molecular formula is C24H24N2O3.